The molecule has 0 saturated carbocycles. The van der Waals surface area contributed by atoms with Gasteiger partial charge in [-0.25, -0.2) is 0 Å². The normalized spacial score (nSPS) is 26.6. The van der Waals surface area contributed by atoms with Crippen molar-refractivity contribution in [3.8, 4) is 0 Å². The van der Waals surface area contributed by atoms with Crippen molar-refractivity contribution < 1.29 is 19.8 Å². The summed E-state index contributed by atoms with van der Waals surface area (Å²) in [6, 6.07) is -0.833. The molecule has 9 heteroatoms. The molecule has 17 heavy (non-hydrogen) atoms. The van der Waals surface area contributed by atoms with E-state index in [2.05, 4.69) is 10.6 Å². The first-order valence-electron chi connectivity index (χ1n) is 4.65. The van der Waals surface area contributed by atoms with Crippen LogP contribution in [0.2, 0.25) is 0 Å². The van der Waals surface area contributed by atoms with Crippen LogP contribution in [0.4, 0.5) is 0 Å². The summed E-state index contributed by atoms with van der Waals surface area (Å²) in [5.74, 6) is 0.770. The molecule has 0 amide bonds. The fourth-order valence-electron chi connectivity index (χ4n) is 1.09. The van der Waals surface area contributed by atoms with E-state index in [1.807, 2.05) is 0 Å². The number of rotatable bonds is 2. The zero-order valence-corrected chi connectivity index (χ0v) is 12.2. The van der Waals surface area contributed by atoms with Crippen molar-refractivity contribution in [1.82, 2.24) is 10.6 Å². The third kappa shape index (κ3) is 6.72. The molecule has 2 aliphatic heterocycles. The van der Waals surface area contributed by atoms with Gasteiger partial charge < -0.3 is 19.8 Å². The number of aliphatic carboxylic acids is 2. The molecule has 2 aliphatic rings. The molecule has 2 unspecified atom stereocenters. The minimum absolute atomic E-state index is 0. The number of carbonyl (C=O) groups excluding carboxylic acids is 2. The first-order chi connectivity index (χ1) is 7.61. The second kappa shape index (κ2) is 9.28. The number of hydrogen-bond acceptors (Lipinski definition) is 8. The van der Waals surface area contributed by atoms with Crippen molar-refractivity contribution in [3.05, 3.63) is 0 Å². The number of hydrogen-bond donors (Lipinski definition) is 2. The topological polar surface area (TPSA) is 104 Å². The number of thioether (sulfide) groups is 2. The number of nitrogens with one attached hydrogen (secondary N) is 2. The van der Waals surface area contributed by atoms with E-state index in [1.165, 1.54) is 0 Å². The van der Waals surface area contributed by atoms with Gasteiger partial charge in [0.1, 0.15) is 0 Å². The molecule has 2 atom stereocenters. The Morgan fingerprint density at radius 3 is 1.41 bits per heavy atom. The second-order valence-electron chi connectivity index (χ2n) is 3.18. The fraction of sp³-hybridized carbons (Fsp3) is 0.750. The largest absolute Gasteiger partial charge is 2.00 e. The molecule has 2 rings (SSSR count). The summed E-state index contributed by atoms with van der Waals surface area (Å²) in [5.41, 5.74) is 0. The molecule has 0 radical (unpaired) electrons. The first kappa shape index (κ1) is 17.3. The zero-order chi connectivity index (χ0) is 12.0. The zero-order valence-electron chi connectivity index (χ0n) is 9.14. The van der Waals surface area contributed by atoms with E-state index >= 15 is 0 Å². The van der Waals surface area contributed by atoms with Gasteiger partial charge in [0.05, 0.1) is 24.0 Å². The fourth-order valence-corrected chi connectivity index (χ4v) is 2.95. The molecule has 2 heterocycles. The van der Waals surface area contributed by atoms with E-state index < -0.39 is 24.0 Å². The van der Waals surface area contributed by atoms with Crippen LogP contribution in [0.5, 0.6) is 0 Å². The van der Waals surface area contributed by atoms with Gasteiger partial charge >= 0.3 is 23.1 Å². The van der Waals surface area contributed by atoms with E-state index in [0.717, 1.165) is 11.8 Å². The van der Waals surface area contributed by atoms with Gasteiger partial charge in [-0.3, -0.25) is 10.6 Å². The van der Waals surface area contributed by atoms with Crippen molar-refractivity contribution in [2.75, 3.05) is 23.3 Å². The molecule has 0 bridgehead atoms. The molecule has 2 N–H and O–H groups in total. The Labute approximate surface area is 124 Å². The van der Waals surface area contributed by atoms with Crippen LogP contribution >= 0.6 is 23.5 Å². The van der Waals surface area contributed by atoms with Gasteiger partial charge in [0.15, 0.2) is 0 Å². The molecule has 0 aromatic rings. The summed E-state index contributed by atoms with van der Waals surface area (Å²) < 4.78 is 0. The average Bonchev–Trinajstić information content (AvgIpc) is 2.93. The van der Waals surface area contributed by atoms with Crippen molar-refractivity contribution in [3.63, 3.8) is 0 Å². The Bertz CT molecular complexity index is 232. The Kier molecular flexibility index (Phi) is 9.46. The molecular weight excluding hydrogens is 277 g/mol. The predicted molar refractivity (Wildman–Crippen MR) is 64.3 cm³/mol. The number of carbonyl (C=O) groups is 2. The van der Waals surface area contributed by atoms with Crippen LogP contribution in [0.15, 0.2) is 0 Å². The van der Waals surface area contributed by atoms with E-state index in [1.54, 1.807) is 23.5 Å². The minimum Gasteiger partial charge on any atom is -0.548 e. The van der Waals surface area contributed by atoms with Gasteiger partial charge in [-0.1, -0.05) is 0 Å². The maximum Gasteiger partial charge on any atom is 2.00 e. The van der Waals surface area contributed by atoms with E-state index in [4.69, 9.17) is 0 Å². The molecule has 0 aromatic heterocycles. The van der Waals surface area contributed by atoms with E-state index in [0.29, 0.717) is 11.5 Å². The standard InChI is InChI=1S/2C4H7NO2S.Mg/c2*6-4(7)3-1-8-2-5-3;/h2*3,5H,1-2H2,(H,6,7);/q;;+2/p-2. The Hall–Kier alpha value is 0.326. The van der Waals surface area contributed by atoms with Crippen LogP contribution in [-0.2, 0) is 9.59 Å². The molecule has 0 aliphatic carbocycles. The van der Waals surface area contributed by atoms with Crippen LogP contribution in [-0.4, -0.2) is 70.3 Å². The van der Waals surface area contributed by atoms with Crippen molar-refractivity contribution in [2.45, 2.75) is 12.1 Å². The molecule has 2 saturated heterocycles. The number of carboxylic acids is 2. The summed E-state index contributed by atoms with van der Waals surface area (Å²) in [6.07, 6.45) is 0. The van der Waals surface area contributed by atoms with Gasteiger partial charge in [0.2, 0.25) is 0 Å². The van der Waals surface area contributed by atoms with Crippen LogP contribution in [0.1, 0.15) is 0 Å². The van der Waals surface area contributed by atoms with Gasteiger partial charge in [-0.05, 0) is 0 Å². The molecule has 2 fully saturated rings. The predicted octanol–water partition coefficient (Wildman–Crippen LogP) is -3.58. The molecule has 0 aromatic carbocycles. The third-order valence-corrected chi connectivity index (χ3v) is 3.88. The summed E-state index contributed by atoms with van der Waals surface area (Å²) in [4.78, 5) is 20.0. The second-order valence-corrected chi connectivity index (χ2v) is 5.24. The summed E-state index contributed by atoms with van der Waals surface area (Å²) >= 11 is 3.16. The average molecular weight is 289 g/mol. The maximum atomic E-state index is 10.0. The quantitative estimate of drug-likeness (QED) is 0.503. The van der Waals surface area contributed by atoms with Gasteiger partial charge in [0, 0.05) is 23.3 Å². The Morgan fingerprint density at radius 1 is 0.941 bits per heavy atom. The van der Waals surface area contributed by atoms with Gasteiger partial charge in [-0.2, -0.15) is 0 Å². The minimum atomic E-state index is -0.991. The number of carboxylic acid groups (broad SMARTS) is 2. The monoisotopic (exact) mass is 288 g/mol. The third-order valence-electron chi connectivity index (χ3n) is 2.00. The van der Waals surface area contributed by atoms with Crippen molar-refractivity contribution in [1.29, 1.82) is 0 Å². The Balaban J connectivity index is 0.000000284. The molecule has 0 spiro atoms. The van der Waals surface area contributed by atoms with Crippen molar-refractivity contribution in [2.24, 2.45) is 0 Å². The summed E-state index contributed by atoms with van der Waals surface area (Å²) in [7, 11) is 0. The Morgan fingerprint density at radius 2 is 1.29 bits per heavy atom. The SMILES string of the molecule is O=C([O-])C1CSCN1.O=C([O-])C1CSCN1.[Mg+2]. The van der Waals surface area contributed by atoms with Gasteiger partial charge in [-0.15, -0.1) is 23.5 Å². The van der Waals surface area contributed by atoms with Crippen LogP contribution < -0.4 is 20.8 Å². The van der Waals surface area contributed by atoms with Crippen LogP contribution in [0, 0.1) is 0 Å². The van der Waals surface area contributed by atoms with Gasteiger partial charge in [0.25, 0.3) is 0 Å². The van der Waals surface area contributed by atoms with Crippen LogP contribution in [0.3, 0.4) is 0 Å². The van der Waals surface area contributed by atoms with E-state index in [-0.39, 0.29) is 23.1 Å². The summed E-state index contributed by atoms with van der Waals surface area (Å²) in [5, 5.41) is 25.5. The molecular formula is C8H12MgN2O4S2. The molecule has 92 valence electrons. The van der Waals surface area contributed by atoms with Crippen molar-refractivity contribution >= 4 is 58.5 Å². The summed E-state index contributed by atoms with van der Waals surface area (Å²) in [6.45, 7) is 0. The van der Waals surface area contributed by atoms with Crippen LogP contribution in [0.25, 0.3) is 0 Å². The first-order valence-corrected chi connectivity index (χ1v) is 6.96. The smallest absolute Gasteiger partial charge is 0.548 e. The van der Waals surface area contributed by atoms with E-state index in [9.17, 15) is 19.8 Å². The molecule has 6 nitrogen and oxygen atoms in total. The maximum absolute atomic E-state index is 10.0.